The molecule has 0 saturated carbocycles. The standard InChI is InChI=1S/C10H4Cl3NO2.C6H3Cl4NO2S/c11-4-1-6(12)9(7(13)2-4)5-3-8(15)14-10(5)16;1-14(12,13)4-2(7)5(9)11-6(10)3(4)8/h1-3H,(H,14,15,16);1H3. The number of sulfone groups is 1. The molecule has 2 amide bonds. The molecule has 0 radical (unpaired) electrons. The lowest BCUT2D eigenvalue weighted by molar-refractivity contribution is -0.123. The monoisotopic (exact) mass is 568 g/mol. The maximum absolute atomic E-state index is 11.4. The minimum atomic E-state index is -3.58. The average Bonchev–Trinajstić information content (AvgIpc) is 2.90. The lowest BCUT2D eigenvalue weighted by Gasteiger charge is -2.06. The van der Waals surface area contributed by atoms with Gasteiger partial charge in [0.25, 0.3) is 11.8 Å². The number of aromatic nitrogens is 1. The molecule has 160 valence electrons. The fraction of sp³-hybridized carbons (Fsp3) is 0.0625. The predicted octanol–water partition coefficient (Wildman–Crippen LogP) is 5.79. The molecule has 0 unspecified atom stereocenters. The highest BCUT2D eigenvalue weighted by atomic mass is 35.5. The second kappa shape index (κ2) is 9.79. The van der Waals surface area contributed by atoms with E-state index in [-0.39, 0.29) is 40.9 Å². The van der Waals surface area contributed by atoms with Gasteiger partial charge < -0.3 is 0 Å². The topological polar surface area (TPSA) is 93.2 Å². The number of amides is 2. The van der Waals surface area contributed by atoms with Crippen LogP contribution in [0.25, 0.3) is 5.57 Å². The highest BCUT2D eigenvalue weighted by Gasteiger charge is 2.26. The van der Waals surface area contributed by atoms with Gasteiger partial charge in [0.15, 0.2) is 20.1 Å². The molecular weight excluding hydrogens is 564 g/mol. The molecule has 0 aliphatic carbocycles. The number of carbonyl (C=O) groups is 2. The van der Waals surface area contributed by atoms with Gasteiger partial charge in [-0.3, -0.25) is 14.9 Å². The molecule has 1 aliphatic rings. The van der Waals surface area contributed by atoms with E-state index in [4.69, 9.17) is 81.2 Å². The second-order valence-electron chi connectivity index (χ2n) is 5.54. The van der Waals surface area contributed by atoms with E-state index in [9.17, 15) is 18.0 Å². The lowest BCUT2D eigenvalue weighted by Crippen LogP contribution is -2.21. The maximum Gasteiger partial charge on any atom is 0.259 e. The van der Waals surface area contributed by atoms with E-state index in [1.165, 1.54) is 12.1 Å². The quantitative estimate of drug-likeness (QED) is 0.364. The predicted molar refractivity (Wildman–Crippen MR) is 120 cm³/mol. The summed E-state index contributed by atoms with van der Waals surface area (Å²) in [5.74, 6) is -1.00. The molecule has 0 fully saturated rings. The number of imide groups is 1. The third-order valence-corrected chi connectivity index (χ3v) is 7.03. The van der Waals surface area contributed by atoms with Crippen molar-refractivity contribution in [3.05, 3.63) is 59.2 Å². The number of nitrogens with one attached hydrogen (secondary N) is 1. The van der Waals surface area contributed by atoms with Crippen LogP contribution < -0.4 is 5.32 Å². The van der Waals surface area contributed by atoms with Crippen LogP contribution in [0.5, 0.6) is 0 Å². The highest BCUT2D eigenvalue weighted by molar-refractivity contribution is 7.91. The summed E-state index contributed by atoms with van der Waals surface area (Å²) in [7, 11) is -3.58. The van der Waals surface area contributed by atoms with E-state index in [0.29, 0.717) is 10.6 Å². The molecule has 0 atom stereocenters. The molecule has 30 heavy (non-hydrogen) atoms. The number of pyridine rings is 1. The van der Waals surface area contributed by atoms with Crippen LogP contribution in [0.1, 0.15) is 5.56 Å². The van der Waals surface area contributed by atoms with Crippen molar-refractivity contribution in [3.8, 4) is 0 Å². The Balaban J connectivity index is 0.000000216. The van der Waals surface area contributed by atoms with Crippen molar-refractivity contribution in [2.75, 3.05) is 6.26 Å². The Hall–Kier alpha value is -0.770. The summed E-state index contributed by atoms with van der Waals surface area (Å²) in [6, 6.07) is 2.92. The minimum Gasteiger partial charge on any atom is -0.289 e. The van der Waals surface area contributed by atoms with E-state index in [0.717, 1.165) is 12.3 Å². The van der Waals surface area contributed by atoms with Crippen LogP contribution in [-0.4, -0.2) is 31.5 Å². The first-order valence-electron chi connectivity index (χ1n) is 7.36. The molecule has 1 aliphatic heterocycles. The summed E-state index contributed by atoms with van der Waals surface area (Å²) in [6.45, 7) is 0. The highest BCUT2D eigenvalue weighted by Crippen LogP contribution is 2.37. The molecule has 1 aromatic carbocycles. The van der Waals surface area contributed by atoms with Gasteiger partial charge in [-0.25, -0.2) is 13.4 Å². The van der Waals surface area contributed by atoms with Crippen LogP contribution in [0.4, 0.5) is 0 Å². The summed E-state index contributed by atoms with van der Waals surface area (Å²) in [5, 5.41) is 2.11. The third kappa shape index (κ3) is 5.72. The Morgan fingerprint density at radius 2 is 1.33 bits per heavy atom. The number of benzene rings is 1. The van der Waals surface area contributed by atoms with Crippen LogP contribution >= 0.6 is 81.2 Å². The largest absolute Gasteiger partial charge is 0.289 e. The fourth-order valence-corrected chi connectivity index (χ4v) is 5.73. The summed E-state index contributed by atoms with van der Waals surface area (Å²) in [5.41, 5.74) is 0.466. The van der Waals surface area contributed by atoms with Crippen molar-refractivity contribution in [2.45, 2.75) is 4.90 Å². The second-order valence-corrected chi connectivity index (χ2v) is 10.2. The molecule has 6 nitrogen and oxygen atoms in total. The first kappa shape index (κ1) is 25.5. The van der Waals surface area contributed by atoms with Gasteiger partial charge in [0.1, 0.15) is 4.90 Å². The molecule has 0 spiro atoms. The summed E-state index contributed by atoms with van der Waals surface area (Å²) >= 11 is 40.0. The van der Waals surface area contributed by atoms with Crippen LogP contribution in [0, 0.1) is 0 Å². The maximum atomic E-state index is 11.4. The van der Waals surface area contributed by atoms with Gasteiger partial charge in [-0.1, -0.05) is 81.2 Å². The summed E-state index contributed by atoms with van der Waals surface area (Å²) in [4.78, 5) is 25.7. The molecule has 2 heterocycles. The number of hydrogen-bond acceptors (Lipinski definition) is 5. The number of nitrogens with zero attached hydrogens (tertiary/aromatic N) is 1. The lowest BCUT2D eigenvalue weighted by atomic mass is 10.1. The number of carbonyl (C=O) groups excluding carboxylic acids is 2. The molecule has 3 rings (SSSR count). The summed E-state index contributed by atoms with van der Waals surface area (Å²) < 4.78 is 22.5. The van der Waals surface area contributed by atoms with Gasteiger partial charge in [0.05, 0.1) is 25.7 Å². The van der Waals surface area contributed by atoms with Gasteiger partial charge in [0, 0.05) is 22.9 Å². The molecule has 14 heteroatoms. The van der Waals surface area contributed by atoms with E-state index in [2.05, 4.69) is 10.3 Å². The Labute approximate surface area is 205 Å². The van der Waals surface area contributed by atoms with Crippen molar-refractivity contribution in [1.29, 1.82) is 0 Å². The Kier molecular flexibility index (Phi) is 8.32. The number of rotatable bonds is 2. The number of hydrogen-bond donors (Lipinski definition) is 1. The normalized spacial score (nSPS) is 13.5. The third-order valence-electron chi connectivity index (χ3n) is 3.36. The Morgan fingerprint density at radius 3 is 1.70 bits per heavy atom. The fourth-order valence-electron chi connectivity index (χ4n) is 2.19. The van der Waals surface area contributed by atoms with Crippen LogP contribution in [0.15, 0.2) is 23.1 Å². The zero-order valence-corrected chi connectivity index (χ0v) is 20.5. The SMILES string of the molecule is CS(=O)(=O)c1c(Cl)c(Cl)nc(Cl)c1Cl.O=C1C=C(c2c(Cl)cc(Cl)cc2Cl)C(=O)N1. The van der Waals surface area contributed by atoms with Crippen molar-refractivity contribution >= 4 is 108 Å². The van der Waals surface area contributed by atoms with Gasteiger partial charge in [-0.2, -0.15) is 0 Å². The first-order chi connectivity index (χ1) is 13.7. The van der Waals surface area contributed by atoms with Crippen LogP contribution in [-0.2, 0) is 19.4 Å². The van der Waals surface area contributed by atoms with E-state index >= 15 is 0 Å². The smallest absolute Gasteiger partial charge is 0.259 e. The molecule has 2 aromatic rings. The van der Waals surface area contributed by atoms with Crippen molar-refractivity contribution in [1.82, 2.24) is 10.3 Å². The van der Waals surface area contributed by atoms with E-state index < -0.39 is 21.7 Å². The minimum absolute atomic E-state index is 0.150. The van der Waals surface area contributed by atoms with E-state index in [1.807, 2.05) is 0 Å². The Morgan fingerprint density at radius 1 is 0.867 bits per heavy atom. The van der Waals surface area contributed by atoms with Gasteiger partial charge in [-0.15, -0.1) is 0 Å². The summed E-state index contributed by atoms with van der Waals surface area (Å²) in [6.07, 6.45) is 2.11. The van der Waals surface area contributed by atoms with E-state index in [1.54, 1.807) is 0 Å². The molecule has 1 aromatic heterocycles. The zero-order chi connectivity index (χ0) is 23.0. The van der Waals surface area contributed by atoms with Crippen LogP contribution in [0.3, 0.4) is 0 Å². The van der Waals surface area contributed by atoms with Crippen molar-refractivity contribution < 1.29 is 18.0 Å². The van der Waals surface area contributed by atoms with Crippen molar-refractivity contribution in [2.24, 2.45) is 0 Å². The molecular formula is C16H7Cl7N2O4S. The van der Waals surface area contributed by atoms with Gasteiger partial charge in [0.2, 0.25) is 0 Å². The van der Waals surface area contributed by atoms with Crippen molar-refractivity contribution in [3.63, 3.8) is 0 Å². The number of halogens is 7. The molecule has 1 N–H and O–H groups in total. The molecule has 0 bridgehead atoms. The van der Waals surface area contributed by atoms with Gasteiger partial charge >= 0.3 is 0 Å². The zero-order valence-electron chi connectivity index (χ0n) is 14.4. The Bertz CT molecular complexity index is 1160. The molecule has 0 saturated heterocycles. The first-order valence-corrected chi connectivity index (χ1v) is 11.9. The van der Waals surface area contributed by atoms with Gasteiger partial charge in [-0.05, 0) is 12.1 Å². The average molecular weight is 571 g/mol. The van der Waals surface area contributed by atoms with Crippen LogP contribution in [0.2, 0.25) is 35.4 Å².